The number of thiophene rings is 1. The van der Waals surface area contributed by atoms with Crippen LogP contribution in [0.5, 0.6) is 0 Å². The van der Waals surface area contributed by atoms with Crippen molar-refractivity contribution in [1.82, 2.24) is 19.7 Å². The van der Waals surface area contributed by atoms with Crippen LogP contribution in [0, 0.1) is 5.82 Å². The summed E-state index contributed by atoms with van der Waals surface area (Å²) in [6, 6.07) is 7.77. The molecule has 4 rings (SSSR count). The largest absolute Gasteiger partial charge is 0.338 e. The maximum atomic E-state index is 13.1. The Bertz CT molecular complexity index is 1150. The summed E-state index contributed by atoms with van der Waals surface area (Å²) in [6.07, 6.45) is 1.89. The SMILES string of the molecule is CCCCn1c(SCc2nc(-c3ccc(F)cc3)no2)nc2ccsc2c1=O. The van der Waals surface area contributed by atoms with E-state index in [1.807, 2.05) is 11.4 Å². The average molecular weight is 417 g/mol. The first kappa shape index (κ1) is 18.8. The van der Waals surface area contributed by atoms with Gasteiger partial charge in [0.1, 0.15) is 10.5 Å². The Morgan fingerprint density at radius 1 is 1.21 bits per heavy atom. The first-order valence-corrected chi connectivity index (χ1v) is 10.7. The van der Waals surface area contributed by atoms with Crippen molar-refractivity contribution >= 4 is 33.3 Å². The minimum absolute atomic E-state index is 0.00604. The molecular weight excluding hydrogens is 399 g/mol. The van der Waals surface area contributed by atoms with Crippen molar-refractivity contribution in [3.05, 3.63) is 57.8 Å². The van der Waals surface area contributed by atoms with Gasteiger partial charge in [-0.3, -0.25) is 9.36 Å². The number of unbranched alkanes of at least 4 members (excludes halogenated alkanes) is 1. The van der Waals surface area contributed by atoms with E-state index in [0.717, 1.165) is 12.8 Å². The van der Waals surface area contributed by atoms with Gasteiger partial charge in [0.05, 0.1) is 11.3 Å². The number of aromatic nitrogens is 4. The average Bonchev–Trinajstić information content (AvgIpc) is 3.36. The van der Waals surface area contributed by atoms with E-state index in [1.165, 1.54) is 35.2 Å². The minimum atomic E-state index is -0.317. The molecule has 1 aromatic carbocycles. The van der Waals surface area contributed by atoms with Gasteiger partial charge >= 0.3 is 0 Å². The Kier molecular flexibility index (Phi) is 5.54. The van der Waals surface area contributed by atoms with Gasteiger partial charge in [-0.05, 0) is 42.1 Å². The van der Waals surface area contributed by atoms with Crippen LogP contribution in [0.25, 0.3) is 21.6 Å². The first-order valence-electron chi connectivity index (χ1n) is 8.85. The van der Waals surface area contributed by atoms with Crippen molar-refractivity contribution in [2.45, 2.75) is 37.2 Å². The second-order valence-electron chi connectivity index (χ2n) is 6.15. The van der Waals surface area contributed by atoms with Crippen LogP contribution in [-0.2, 0) is 12.3 Å². The molecule has 6 nitrogen and oxygen atoms in total. The lowest BCUT2D eigenvalue weighted by molar-refractivity contribution is 0.391. The molecule has 0 amide bonds. The molecule has 0 saturated heterocycles. The third-order valence-electron chi connectivity index (χ3n) is 4.16. The highest BCUT2D eigenvalue weighted by molar-refractivity contribution is 7.98. The molecule has 0 atom stereocenters. The van der Waals surface area contributed by atoms with E-state index >= 15 is 0 Å². The highest BCUT2D eigenvalue weighted by Crippen LogP contribution is 2.25. The van der Waals surface area contributed by atoms with E-state index < -0.39 is 0 Å². The highest BCUT2D eigenvalue weighted by atomic mass is 32.2. The normalized spacial score (nSPS) is 11.4. The number of nitrogens with zero attached hydrogens (tertiary/aromatic N) is 4. The lowest BCUT2D eigenvalue weighted by atomic mass is 10.2. The Hall–Kier alpha value is -2.52. The molecule has 0 bridgehead atoms. The maximum Gasteiger partial charge on any atom is 0.272 e. The molecule has 4 aromatic rings. The maximum absolute atomic E-state index is 13.1. The molecule has 0 spiro atoms. The Morgan fingerprint density at radius 3 is 2.82 bits per heavy atom. The zero-order valence-corrected chi connectivity index (χ0v) is 16.7. The van der Waals surface area contributed by atoms with E-state index in [9.17, 15) is 9.18 Å². The molecule has 0 fully saturated rings. The second-order valence-corrected chi connectivity index (χ2v) is 8.01. The fourth-order valence-corrected chi connectivity index (χ4v) is 4.34. The van der Waals surface area contributed by atoms with Crippen molar-refractivity contribution < 1.29 is 8.91 Å². The topological polar surface area (TPSA) is 73.8 Å². The zero-order chi connectivity index (χ0) is 19.5. The predicted octanol–water partition coefficient (Wildman–Crippen LogP) is 4.74. The molecule has 3 aromatic heterocycles. The van der Waals surface area contributed by atoms with Gasteiger partial charge in [-0.25, -0.2) is 9.37 Å². The summed E-state index contributed by atoms with van der Waals surface area (Å²) < 4.78 is 20.8. The van der Waals surface area contributed by atoms with Crippen LogP contribution in [0.3, 0.4) is 0 Å². The summed E-state index contributed by atoms with van der Waals surface area (Å²) in [4.78, 5) is 21.8. The molecule has 144 valence electrons. The van der Waals surface area contributed by atoms with Crippen molar-refractivity contribution in [3.63, 3.8) is 0 Å². The third kappa shape index (κ3) is 3.85. The van der Waals surface area contributed by atoms with Crippen LogP contribution in [-0.4, -0.2) is 19.7 Å². The third-order valence-corrected chi connectivity index (χ3v) is 6.01. The van der Waals surface area contributed by atoms with Crippen LogP contribution < -0.4 is 5.56 Å². The van der Waals surface area contributed by atoms with E-state index in [2.05, 4.69) is 22.0 Å². The van der Waals surface area contributed by atoms with Gasteiger partial charge in [-0.15, -0.1) is 11.3 Å². The summed E-state index contributed by atoms with van der Waals surface area (Å²) in [5, 5.41) is 6.47. The molecule has 0 saturated carbocycles. The summed E-state index contributed by atoms with van der Waals surface area (Å²) in [5.41, 5.74) is 1.38. The summed E-state index contributed by atoms with van der Waals surface area (Å²) in [5.74, 6) is 0.900. The van der Waals surface area contributed by atoms with Crippen LogP contribution in [0.1, 0.15) is 25.7 Å². The molecule has 0 N–H and O–H groups in total. The minimum Gasteiger partial charge on any atom is -0.338 e. The molecule has 3 heterocycles. The van der Waals surface area contributed by atoms with Gasteiger partial charge < -0.3 is 4.52 Å². The van der Waals surface area contributed by atoms with Gasteiger partial charge in [0, 0.05) is 12.1 Å². The Labute approximate surface area is 168 Å². The zero-order valence-electron chi connectivity index (χ0n) is 15.1. The van der Waals surface area contributed by atoms with Gasteiger partial charge in [-0.1, -0.05) is 30.3 Å². The van der Waals surface area contributed by atoms with E-state index in [-0.39, 0.29) is 11.4 Å². The number of fused-ring (bicyclic) bond motifs is 1. The van der Waals surface area contributed by atoms with Gasteiger partial charge in [0.15, 0.2) is 5.16 Å². The van der Waals surface area contributed by atoms with E-state index in [1.54, 1.807) is 16.7 Å². The van der Waals surface area contributed by atoms with Gasteiger partial charge in [0.25, 0.3) is 5.56 Å². The molecule has 28 heavy (non-hydrogen) atoms. The fourth-order valence-electron chi connectivity index (χ4n) is 2.70. The number of hydrogen-bond donors (Lipinski definition) is 0. The standard InChI is InChI=1S/C19H17FN4O2S2/c1-2-3-9-24-18(25)16-14(8-10-27-16)21-19(24)28-11-15-22-17(23-26-15)12-4-6-13(20)7-5-12/h4-8,10H,2-3,9,11H2,1H3. The lowest BCUT2D eigenvalue weighted by Crippen LogP contribution is -2.22. The monoisotopic (exact) mass is 416 g/mol. The molecule has 0 radical (unpaired) electrons. The van der Waals surface area contributed by atoms with Crippen molar-refractivity contribution in [1.29, 1.82) is 0 Å². The summed E-state index contributed by atoms with van der Waals surface area (Å²) in [6.45, 7) is 2.72. The molecule has 0 aliphatic rings. The van der Waals surface area contributed by atoms with Crippen molar-refractivity contribution in [2.75, 3.05) is 0 Å². The Morgan fingerprint density at radius 2 is 2.04 bits per heavy atom. The number of halogens is 1. The van der Waals surface area contributed by atoms with Crippen LogP contribution >= 0.6 is 23.1 Å². The first-order chi connectivity index (χ1) is 13.7. The smallest absolute Gasteiger partial charge is 0.272 e. The van der Waals surface area contributed by atoms with Crippen LogP contribution in [0.2, 0.25) is 0 Å². The molecule has 9 heteroatoms. The summed E-state index contributed by atoms with van der Waals surface area (Å²) in [7, 11) is 0. The second kappa shape index (κ2) is 8.24. The van der Waals surface area contributed by atoms with Gasteiger partial charge in [0.2, 0.25) is 11.7 Å². The number of rotatable bonds is 7. The molecule has 0 aliphatic carbocycles. The summed E-state index contributed by atoms with van der Waals surface area (Å²) >= 11 is 2.81. The fraction of sp³-hybridized carbons (Fsp3) is 0.263. The van der Waals surface area contributed by atoms with E-state index in [4.69, 9.17) is 4.52 Å². The number of benzene rings is 1. The van der Waals surface area contributed by atoms with Crippen LogP contribution in [0.4, 0.5) is 4.39 Å². The number of hydrogen-bond acceptors (Lipinski definition) is 7. The molecule has 0 unspecified atom stereocenters. The van der Waals surface area contributed by atoms with Crippen molar-refractivity contribution in [3.8, 4) is 11.4 Å². The van der Waals surface area contributed by atoms with Crippen molar-refractivity contribution in [2.24, 2.45) is 0 Å². The quantitative estimate of drug-likeness (QED) is 0.320. The number of thioether (sulfide) groups is 1. The lowest BCUT2D eigenvalue weighted by Gasteiger charge is -2.10. The molecular formula is C19H17FN4O2S2. The van der Waals surface area contributed by atoms with Gasteiger partial charge in [-0.2, -0.15) is 4.98 Å². The highest BCUT2D eigenvalue weighted by Gasteiger charge is 2.15. The van der Waals surface area contributed by atoms with Crippen LogP contribution in [0.15, 0.2) is 50.2 Å². The Balaban J connectivity index is 1.57. The molecule has 0 aliphatic heterocycles. The predicted molar refractivity (Wildman–Crippen MR) is 108 cm³/mol. The van der Waals surface area contributed by atoms with E-state index in [0.29, 0.717) is 44.9 Å².